The smallest absolute Gasteiger partial charge is 0.355 e. The van der Waals surface area contributed by atoms with E-state index in [1.165, 1.54) is 0 Å². The highest BCUT2D eigenvalue weighted by molar-refractivity contribution is 6.30. The van der Waals surface area contributed by atoms with Gasteiger partial charge in [-0.15, -0.1) is 6.58 Å². The number of carbonyl (C=O) groups excluding carboxylic acids is 1. The number of ether oxygens (including phenoxy) is 1. The second-order valence-corrected chi connectivity index (χ2v) is 5.66. The van der Waals surface area contributed by atoms with Crippen LogP contribution in [-0.2, 0) is 11.3 Å². The molecule has 3 aromatic rings. The van der Waals surface area contributed by atoms with E-state index in [0.29, 0.717) is 23.9 Å². The van der Waals surface area contributed by atoms with Crippen LogP contribution in [-0.4, -0.2) is 22.1 Å². The number of halogens is 1. The number of rotatable bonds is 5. The largest absolute Gasteiger partial charge is 0.461 e. The zero-order valence-electron chi connectivity index (χ0n) is 13.3. The zero-order chi connectivity index (χ0) is 17.1. The fourth-order valence-corrected chi connectivity index (χ4v) is 2.92. The topological polar surface area (TPSA) is 44.1 Å². The quantitative estimate of drug-likeness (QED) is 0.498. The molecule has 0 radical (unpaired) electrons. The monoisotopic (exact) mass is 340 g/mol. The van der Waals surface area contributed by atoms with E-state index in [9.17, 15) is 4.79 Å². The molecular formula is C19H17ClN2O2. The van der Waals surface area contributed by atoms with Crippen molar-refractivity contribution in [1.29, 1.82) is 0 Å². The maximum atomic E-state index is 12.6. The van der Waals surface area contributed by atoms with Gasteiger partial charge in [0, 0.05) is 23.3 Å². The zero-order valence-corrected chi connectivity index (χ0v) is 14.1. The van der Waals surface area contributed by atoms with Gasteiger partial charge in [0.05, 0.1) is 17.6 Å². The Kier molecular flexibility index (Phi) is 4.67. The summed E-state index contributed by atoms with van der Waals surface area (Å²) in [4.78, 5) is 17.1. The van der Waals surface area contributed by atoms with Crippen molar-refractivity contribution in [3.05, 3.63) is 66.0 Å². The number of esters is 1. The molecule has 0 aliphatic rings. The molecule has 0 aliphatic carbocycles. The predicted molar refractivity (Wildman–Crippen MR) is 96.3 cm³/mol. The number of aromatic nitrogens is 2. The lowest BCUT2D eigenvalue weighted by atomic mass is 10.0. The molecule has 3 rings (SSSR count). The van der Waals surface area contributed by atoms with Gasteiger partial charge in [-0.25, -0.2) is 4.79 Å². The van der Waals surface area contributed by atoms with Crippen LogP contribution in [0.1, 0.15) is 17.4 Å². The third-order valence-electron chi connectivity index (χ3n) is 3.73. The van der Waals surface area contributed by atoms with Crippen molar-refractivity contribution in [2.24, 2.45) is 0 Å². The van der Waals surface area contributed by atoms with Crippen LogP contribution >= 0.6 is 11.6 Å². The Bertz CT molecular complexity index is 898. The van der Waals surface area contributed by atoms with Crippen LogP contribution in [0.2, 0.25) is 5.02 Å². The highest BCUT2D eigenvalue weighted by atomic mass is 35.5. The maximum Gasteiger partial charge on any atom is 0.355 e. The molecule has 0 amide bonds. The Morgan fingerprint density at radius 1 is 1.33 bits per heavy atom. The van der Waals surface area contributed by atoms with Crippen molar-refractivity contribution < 1.29 is 9.53 Å². The van der Waals surface area contributed by atoms with Gasteiger partial charge >= 0.3 is 5.97 Å². The molecule has 0 bridgehead atoms. The maximum absolute atomic E-state index is 12.6. The summed E-state index contributed by atoms with van der Waals surface area (Å²) in [5, 5.41) is 0.638. The van der Waals surface area contributed by atoms with Crippen molar-refractivity contribution in [2.45, 2.75) is 13.5 Å². The Labute approximate surface area is 145 Å². The standard InChI is InChI=1S/C19H17ClN2O2/c1-3-12-22-15-6-5-11-21-17(15)16(18(22)19(23)24-4-2)13-7-9-14(20)10-8-13/h3,5-11H,1,4,12H2,2H3. The van der Waals surface area contributed by atoms with E-state index in [-0.39, 0.29) is 5.97 Å². The van der Waals surface area contributed by atoms with E-state index in [1.807, 2.05) is 28.8 Å². The molecule has 0 N–H and O–H groups in total. The van der Waals surface area contributed by atoms with Crippen molar-refractivity contribution in [1.82, 2.24) is 9.55 Å². The number of carbonyl (C=O) groups is 1. The summed E-state index contributed by atoms with van der Waals surface area (Å²) in [6.07, 6.45) is 3.47. The third-order valence-corrected chi connectivity index (χ3v) is 3.99. The van der Waals surface area contributed by atoms with Crippen molar-refractivity contribution in [3.63, 3.8) is 0 Å². The van der Waals surface area contributed by atoms with Gasteiger partial charge < -0.3 is 9.30 Å². The second-order valence-electron chi connectivity index (χ2n) is 5.22. The van der Waals surface area contributed by atoms with Gasteiger partial charge in [-0.3, -0.25) is 4.98 Å². The van der Waals surface area contributed by atoms with E-state index in [1.54, 1.807) is 31.3 Å². The van der Waals surface area contributed by atoms with E-state index < -0.39 is 0 Å². The van der Waals surface area contributed by atoms with Crippen LogP contribution in [0.4, 0.5) is 0 Å². The van der Waals surface area contributed by atoms with Gasteiger partial charge in [-0.1, -0.05) is 29.8 Å². The van der Waals surface area contributed by atoms with Gasteiger partial charge in [0.15, 0.2) is 0 Å². The first-order valence-corrected chi connectivity index (χ1v) is 8.06. The highest BCUT2D eigenvalue weighted by Crippen LogP contribution is 2.35. The second kappa shape index (κ2) is 6.89. The van der Waals surface area contributed by atoms with Crippen molar-refractivity contribution in [3.8, 4) is 11.1 Å². The molecular weight excluding hydrogens is 324 g/mol. The van der Waals surface area contributed by atoms with E-state index in [4.69, 9.17) is 16.3 Å². The normalized spacial score (nSPS) is 10.8. The van der Waals surface area contributed by atoms with E-state index in [2.05, 4.69) is 11.6 Å². The van der Waals surface area contributed by atoms with Gasteiger partial charge in [0.25, 0.3) is 0 Å². The lowest BCUT2D eigenvalue weighted by Gasteiger charge is -2.09. The van der Waals surface area contributed by atoms with Gasteiger partial charge in [-0.2, -0.15) is 0 Å². The van der Waals surface area contributed by atoms with Crippen LogP contribution in [0.25, 0.3) is 22.2 Å². The molecule has 0 atom stereocenters. The van der Waals surface area contributed by atoms with E-state index in [0.717, 1.165) is 22.2 Å². The average molecular weight is 341 g/mol. The number of benzene rings is 1. The SMILES string of the molecule is C=CCn1c(C(=O)OCC)c(-c2ccc(Cl)cc2)c2ncccc21. The first-order valence-electron chi connectivity index (χ1n) is 7.68. The van der Waals surface area contributed by atoms with Gasteiger partial charge in [-0.05, 0) is 36.8 Å². The summed E-state index contributed by atoms with van der Waals surface area (Å²) in [7, 11) is 0. The van der Waals surface area contributed by atoms with Crippen LogP contribution < -0.4 is 0 Å². The number of fused-ring (bicyclic) bond motifs is 1. The summed E-state index contributed by atoms with van der Waals surface area (Å²) in [6, 6.07) is 11.1. The Hall–Kier alpha value is -2.59. The third kappa shape index (κ3) is 2.81. The summed E-state index contributed by atoms with van der Waals surface area (Å²) >= 11 is 6.00. The number of hydrogen-bond acceptors (Lipinski definition) is 3. The minimum Gasteiger partial charge on any atom is -0.461 e. The Morgan fingerprint density at radius 2 is 2.08 bits per heavy atom. The Morgan fingerprint density at radius 3 is 2.75 bits per heavy atom. The summed E-state index contributed by atoms with van der Waals surface area (Å²) in [5.74, 6) is -0.373. The molecule has 0 saturated heterocycles. The lowest BCUT2D eigenvalue weighted by Crippen LogP contribution is -2.13. The summed E-state index contributed by atoms with van der Waals surface area (Å²) < 4.78 is 7.17. The van der Waals surface area contributed by atoms with Gasteiger partial charge in [0.2, 0.25) is 0 Å². The molecule has 0 saturated carbocycles. The summed E-state index contributed by atoms with van der Waals surface area (Å²) in [5.41, 5.74) is 3.72. The van der Waals surface area contributed by atoms with Crippen LogP contribution in [0.3, 0.4) is 0 Å². The lowest BCUT2D eigenvalue weighted by molar-refractivity contribution is 0.0516. The molecule has 2 heterocycles. The molecule has 24 heavy (non-hydrogen) atoms. The number of nitrogens with zero attached hydrogens (tertiary/aromatic N) is 2. The molecule has 0 aliphatic heterocycles. The molecule has 4 nitrogen and oxygen atoms in total. The molecule has 2 aromatic heterocycles. The van der Waals surface area contributed by atoms with Crippen molar-refractivity contribution >= 4 is 28.6 Å². The molecule has 0 unspecified atom stereocenters. The van der Waals surface area contributed by atoms with E-state index >= 15 is 0 Å². The fraction of sp³-hybridized carbons (Fsp3) is 0.158. The number of pyridine rings is 1. The van der Waals surface area contributed by atoms with Crippen LogP contribution in [0.15, 0.2) is 55.3 Å². The van der Waals surface area contributed by atoms with Crippen molar-refractivity contribution in [2.75, 3.05) is 6.61 Å². The minimum absolute atomic E-state index is 0.307. The molecule has 5 heteroatoms. The van der Waals surface area contributed by atoms with Crippen LogP contribution in [0.5, 0.6) is 0 Å². The number of hydrogen-bond donors (Lipinski definition) is 0. The minimum atomic E-state index is -0.373. The fourth-order valence-electron chi connectivity index (χ4n) is 2.80. The molecule has 122 valence electrons. The molecule has 1 aromatic carbocycles. The first kappa shape index (κ1) is 16.3. The highest BCUT2D eigenvalue weighted by Gasteiger charge is 2.25. The average Bonchev–Trinajstić information content (AvgIpc) is 2.91. The molecule has 0 spiro atoms. The predicted octanol–water partition coefficient (Wildman–Crippen LogP) is 4.72. The Balaban J connectivity index is 2.36. The number of allylic oxidation sites excluding steroid dienone is 1. The first-order chi connectivity index (χ1) is 11.7. The van der Waals surface area contributed by atoms with Gasteiger partial charge in [0.1, 0.15) is 5.69 Å². The van der Waals surface area contributed by atoms with Crippen LogP contribution in [0, 0.1) is 0 Å². The summed E-state index contributed by atoms with van der Waals surface area (Å²) in [6.45, 7) is 6.38. The molecule has 0 fully saturated rings.